The third-order valence-electron chi connectivity index (χ3n) is 2.15. The molecule has 0 unspecified atom stereocenters. The Balaban J connectivity index is 2.23. The van der Waals surface area contributed by atoms with E-state index in [2.05, 4.69) is 46.9 Å². The van der Waals surface area contributed by atoms with Gasteiger partial charge in [-0.15, -0.1) is 0 Å². The molecule has 19 heavy (non-hydrogen) atoms. The SMILES string of the molecule is O=C(Nc1c(Br)cccc1Br)c1cc(C(=O)O)on1. The lowest BCUT2D eigenvalue weighted by Gasteiger charge is -2.07. The molecule has 0 bridgehead atoms. The van der Waals surface area contributed by atoms with E-state index < -0.39 is 17.6 Å². The summed E-state index contributed by atoms with van der Waals surface area (Å²) >= 11 is 6.59. The van der Waals surface area contributed by atoms with Crippen molar-refractivity contribution in [1.82, 2.24) is 5.16 Å². The molecule has 0 radical (unpaired) electrons. The molecule has 1 aromatic heterocycles. The van der Waals surface area contributed by atoms with Gasteiger partial charge in [0.2, 0.25) is 5.76 Å². The molecule has 0 fully saturated rings. The fraction of sp³-hybridized carbons (Fsp3) is 0. The molecule has 1 heterocycles. The molecule has 8 heteroatoms. The molecule has 0 aliphatic carbocycles. The van der Waals surface area contributed by atoms with E-state index >= 15 is 0 Å². The van der Waals surface area contributed by atoms with Crippen molar-refractivity contribution in [1.29, 1.82) is 0 Å². The Bertz CT molecular complexity index is 634. The first-order valence-electron chi connectivity index (χ1n) is 4.94. The first kappa shape index (κ1) is 13.8. The number of nitrogens with zero attached hydrogens (tertiary/aromatic N) is 1. The van der Waals surface area contributed by atoms with Crippen molar-refractivity contribution in [3.05, 3.63) is 44.7 Å². The topological polar surface area (TPSA) is 92.4 Å². The van der Waals surface area contributed by atoms with Gasteiger partial charge in [0.15, 0.2) is 5.69 Å². The maximum Gasteiger partial charge on any atom is 0.374 e. The van der Waals surface area contributed by atoms with Crippen LogP contribution in [0.1, 0.15) is 21.0 Å². The van der Waals surface area contributed by atoms with Crippen molar-refractivity contribution in [3.8, 4) is 0 Å². The summed E-state index contributed by atoms with van der Waals surface area (Å²) < 4.78 is 5.87. The molecule has 98 valence electrons. The molecule has 0 saturated heterocycles. The van der Waals surface area contributed by atoms with Crippen molar-refractivity contribution >= 4 is 49.4 Å². The summed E-state index contributed by atoms with van der Waals surface area (Å²) in [5.74, 6) is -2.24. The number of para-hydroxylation sites is 1. The Labute approximate surface area is 124 Å². The van der Waals surface area contributed by atoms with Crippen LogP contribution in [0.3, 0.4) is 0 Å². The van der Waals surface area contributed by atoms with Crippen molar-refractivity contribution < 1.29 is 19.2 Å². The van der Waals surface area contributed by atoms with E-state index in [0.29, 0.717) is 14.6 Å². The van der Waals surface area contributed by atoms with Gasteiger partial charge in [0, 0.05) is 15.0 Å². The van der Waals surface area contributed by atoms with Gasteiger partial charge in [0.1, 0.15) is 0 Å². The molecule has 0 atom stereocenters. The van der Waals surface area contributed by atoms with Gasteiger partial charge in [-0.25, -0.2) is 4.79 Å². The lowest BCUT2D eigenvalue weighted by atomic mass is 10.3. The Morgan fingerprint density at radius 2 is 1.89 bits per heavy atom. The number of amides is 1. The minimum absolute atomic E-state index is 0.111. The zero-order valence-corrected chi connectivity index (χ0v) is 12.4. The number of halogens is 2. The number of carboxylic acids is 1. The van der Waals surface area contributed by atoms with Crippen LogP contribution in [0.15, 0.2) is 37.7 Å². The van der Waals surface area contributed by atoms with E-state index in [-0.39, 0.29) is 5.69 Å². The van der Waals surface area contributed by atoms with Crippen molar-refractivity contribution in [2.45, 2.75) is 0 Å². The van der Waals surface area contributed by atoms with Crippen LogP contribution >= 0.6 is 31.9 Å². The van der Waals surface area contributed by atoms with E-state index in [9.17, 15) is 9.59 Å². The number of anilines is 1. The number of hydrogen-bond acceptors (Lipinski definition) is 4. The number of rotatable bonds is 3. The summed E-state index contributed by atoms with van der Waals surface area (Å²) in [6.45, 7) is 0. The zero-order valence-electron chi connectivity index (χ0n) is 9.18. The monoisotopic (exact) mass is 388 g/mol. The molecular weight excluding hydrogens is 384 g/mol. The fourth-order valence-corrected chi connectivity index (χ4v) is 2.47. The molecular formula is C11H6Br2N2O4. The summed E-state index contributed by atoms with van der Waals surface area (Å²) in [6, 6.07) is 6.36. The van der Waals surface area contributed by atoms with Crippen LogP contribution in [0.5, 0.6) is 0 Å². The molecule has 0 aliphatic rings. The number of hydrogen-bond donors (Lipinski definition) is 2. The van der Waals surface area contributed by atoms with E-state index in [4.69, 9.17) is 5.11 Å². The Morgan fingerprint density at radius 1 is 1.26 bits per heavy atom. The number of nitrogens with one attached hydrogen (secondary N) is 1. The highest BCUT2D eigenvalue weighted by molar-refractivity contribution is 9.11. The van der Waals surface area contributed by atoms with Crippen LogP contribution in [0.4, 0.5) is 5.69 Å². The summed E-state index contributed by atoms with van der Waals surface area (Å²) in [7, 11) is 0. The molecule has 1 aromatic carbocycles. The number of carbonyl (C=O) groups is 2. The van der Waals surface area contributed by atoms with Gasteiger partial charge in [-0.05, 0) is 44.0 Å². The van der Waals surface area contributed by atoms with E-state index in [0.717, 1.165) is 6.07 Å². The number of carbonyl (C=O) groups excluding carboxylic acids is 1. The third-order valence-corrected chi connectivity index (χ3v) is 3.48. The van der Waals surface area contributed by atoms with Crippen LogP contribution in [-0.4, -0.2) is 22.1 Å². The predicted molar refractivity (Wildman–Crippen MR) is 73.3 cm³/mol. The van der Waals surface area contributed by atoms with Crippen LogP contribution in [0.2, 0.25) is 0 Å². The highest BCUT2D eigenvalue weighted by atomic mass is 79.9. The summed E-state index contributed by atoms with van der Waals surface area (Å²) in [4.78, 5) is 22.5. The maximum absolute atomic E-state index is 11.9. The number of carboxylic acid groups (broad SMARTS) is 1. The third kappa shape index (κ3) is 3.02. The zero-order chi connectivity index (χ0) is 14.0. The van der Waals surface area contributed by atoms with E-state index in [1.54, 1.807) is 18.2 Å². The van der Waals surface area contributed by atoms with Crippen molar-refractivity contribution in [3.63, 3.8) is 0 Å². The predicted octanol–water partition coefficient (Wildman–Crippen LogP) is 3.15. The summed E-state index contributed by atoms with van der Waals surface area (Å²) in [6.07, 6.45) is 0. The molecule has 6 nitrogen and oxygen atoms in total. The Hall–Kier alpha value is -1.67. The smallest absolute Gasteiger partial charge is 0.374 e. The lowest BCUT2D eigenvalue weighted by Crippen LogP contribution is -2.13. The van der Waals surface area contributed by atoms with Gasteiger partial charge in [-0.3, -0.25) is 4.79 Å². The highest BCUT2D eigenvalue weighted by Gasteiger charge is 2.18. The second-order valence-electron chi connectivity index (χ2n) is 3.43. The first-order valence-corrected chi connectivity index (χ1v) is 6.53. The van der Waals surface area contributed by atoms with Crippen molar-refractivity contribution in [2.24, 2.45) is 0 Å². The van der Waals surface area contributed by atoms with Crippen molar-refractivity contribution in [2.75, 3.05) is 5.32 Å². The number of benzene rings is 1. The molecule has 2 rings (SSSR count). The lowest BCUT2D eigenvalue weighted by molar-refractivity contribution is 0.0651. The van der Waals surface area contributed by atoms with Gasteiger partial charge in [0.25, 0.3) is 5.91 Å². The highest BCUT2D eigenvalue weighted by Crippen LogP contribution is 2.30. The quantitative estimate of drug-likeness (QED) is 0.841. The van der Waals surface area contributed by atoms with Crippen LogP contribution in [0, 0.1) is 0 Å². The minimum atomic E-state index is -1.28. The van der Waals surface area contributed by atoms with E-state index in [1.807, 2.05) is 0 Å². The molecule has 2 aromatic rings. The Morgan fingerprint density at radius 3 is 2.42 bits per heavy atom. The normalized spacial score (nSPS) is 10.2. The van der Waals surface area contributed by atoms with Crippen LogP contribution in [0.25, 0.3) is 0 Å². The van der Waals surface area contributed by atoms with Gasteiger partial charge in [-0.1, -0.05) is 11.2 Å². The number of aromatic nitrogens is 1. The second kappa shape index (κ2) is 5.54. The summed E-state index contributed by atoms with van der Waals surface area (Å²) in [5.41, 5.74) is 0.410. The van der Waals surface area contributed by atoms with Gasteiger partial charge in [0.05, 0.1) is 5.69 Å². The van der Waals surface area contributed by atoms with Crippen LogP contribution < -0.4 is 5.32 Å². The van der Waals surface area contributed by atoms with E-state index in [1.165, 1.54) is 0 Å². The average molecular weight is 390 g/mol. The summed E-state index contributed by atoms with van der Waals surface area (Å²) in [5, 5.41) is 14.7. The molecule has 2 N–H and O–H groups in total. The second-order valence-corrected chi connectivity index (χ2v) is 5.14. The largest absolute Gasteiger partial charge is 0.475 e. The standard InChI is InChI=1S/C11H6Br2N2O4/c12-5-2-1-3-6(13)9(5)14-10(16)7-4-8(11(17)18)19-15-7/h1-4H,(H,14,16)(H,17,18). The van der Waals surface area contributed by atoms with Gasteiger partial charge in [-0.2, -0.15) is 0 Å². The molecule has 0 saturated carbocycles. The molecule has 0 spiro atoms. The fourth-order valence-electron chi connectivity index (χ4n) is 1.28. The van der Waals surface area contributed by atoms with Gasteiger partial charge >= 0.3 is 5.97 Å². The minimum Gasteiger partial charge on any atom is -0.475 e. The average Bonchev–Trinajstić information content (AvgIpc) is 2.83. The van der Waals surface area contributed by atoms with Crippen LogP contribution in [-0.2, 0) is 0 Å². The Kier molecular flexibility index (Phi) is 4.01. The molecule has 0 aliphatic heterocycles. The molecule has 1 amide bonds. The maximum atomic E-state index is 11.9. The van der Waals surface area contributed by atoms with Gasteiger partial charge < -0.3 is 14.9 Å². The number of aromatic carboxylic acids is 1. The first-order chi connectivity index (χ1) is 8.99.